The fourth-order valence-corrected chi connectivity index (χ4v) is 1.36. The van der Waals surface area contributed by atoms with Crippen molar-refractivity contribution in [3.63, 3.8) is 0 Å². The minimum Gasteiger partial charge on any atom is -0.497 e. The molecular weight excluding hydrogens is 194 g/mol. The average molecular weight is 209 g/mol. The van der Waals surface area contributed by atoms with Gasteiger partial charge in [0.05, 0.1) is 14.2 Å². The summed E-state index contributed by atoms with van der Waals surface area (Å²) in [7, 11) is 4.67. The summed E-state index contributed by atoms with van der Waals surface area (Å²) in [5, 5.41) is 2.89. The summed E-state index contributed by atoms with van der Waals surface area (Å²) in [5.41, 5.74) is 0.823. The van der Waals surface area contributed by atoms with E-state index < -0.39 is 6.04 Å². The molecule has 0 spiro atoms. The largest absolute Gasteiger partial charge is 0.497 e. The van der Waals surface area contributed by atoms with Crippen molar-refractivity contribution in [2.45, 2.75) is 6.04 Å². The van der Waals surface area contributed by atoms with Crippen LogP contribution in [-0.4, -0.2) is 27.2 Å². The summed E-state index contributed by atoms with van der Waals surface area (Å²) in [6, 6.07) is 6.86. The van der Waals surface area contributed by atoms with E-state index in [0.717, 1.165) is 11.3 Å². The van der Waals surface area contributed by atoms with E-state index in [4.69, 9.17) is 4.74 Å². The van der Waals surface area contributed by atoms with Crippen LogP contribution in [0, 0.1) is 0 Å². The van der Waals surface area contributed by atoms with E-state index in [1.165, 1.54) is 7.11 Å². The van der Waals surface area contributed by atoms with Gasteiger partial charge < -0.3 is 14.8 Å². The average Bonchev–Trinajstić information content (AvgIpc) is 2.30. The predicted molar refractivity (Wildman–Crippen MR) is 56.8 cm³/mol. The Morgan fingerprint density at radius 1 is 1.40 bits per heavy atom. The van der Waals surface area contributed by atoms with Gasteiger partial charge in [0.15, 0.2) is 0 Å². The SMILES string of the molecule is CNC(C(=O)OC)c1cccc(OC)c1. The van der Waals surface area contributed by atoms with Crippen LogP contribution in [0.3, 0.4) is 0 Å². The van der Waals surface area contributed by atoms with Gasteiger partial charge in [-0.1, -0.05) is 12.1 Å². The summed E-state index contributed by atoms with van der Waals surface area (Å²) in [5.74, 6) is 0.405. The highest BCUT2D eigenvalue weighted by atomic mass is 16.5. The maximum absolute atomic E-state index is 11.4. The molecule has 0 aromatic heterocycles. The minimum absolute atomic E-state index is 0.314. The van der Waals surface area contributed by atoms with Crippen LogP contribution in [0.25, 0.3) is 0 Å². The monoisotopic (exact) mass is 209 g/mol. The van der Waals surface area contributed by atoms with Gasteiger partial charge in [0.1, 0.15) is 11.8 Å². The molecule has 1 aromatic rings. The Labute approximate surface area is 89.2 Å². The summed E-state index contributed by atoms with van der Waals surface area (Å²) in [6.45, 7) is 0. The van der Waals surface area contributed by atoms with Crippen LogP contribution in [0.2, 0.25) is 0 Å². The number of nitrogens with one attached hydrogen (secondary N) is 1. The maximum atomic E-state index is 11.4. The smallest absolute Gasteiger partial charge is 0.327 e. The molecule has 0 saturated carbocycles. The van der Waals surface area contributed by atoms with E-state index in [0.29, 0.717) is 0 Å². The first-order chi connectivity index (χ1) is 7.22. The van der Waals surface area contributed by atoms with E-state index in [9.17, 15) is 4.79 Å². The van der Waals surface area contributed by atoms with Crippen molar-refractivity contribution in [3.05, 3.63) is 29.8 Å². The standard InChI is InChI=1S/C11H15NO3/c1-12-10(11(13)15-3)8-5-4-6-9(7-8)14-2/h4-7,10,12H,1-3H3. The normalized spacial score (nSPS) is 11.9. The van der Waals surface area contributed by atoms with Crippen LogP contribution in [0.5, 0.6) is 5.75 Å². The summed E-state index contributed by atoms with van der Waals surface area (Å²) < 4.78 is 9.77. The lowest BCUT2D eigenvalue weighted by Crippen LogP contribution is -2.26. The molecule has 0 heterocycles. The van der Waals surface area contributed by atoms with Crippen LogP contribution < -0.4 is 10.1 Å². The number of ether oxygens (including phenoxy) is 2. The van der Waals surface area contributed by atoms with Crippen LogP contribution in [0.15, 0.2) is 24.3 Å². The molecule has 1 rings (SSSR count). The molecule has 0 fully saturated rings. The van der Waals surface area contributed by atoms with Crippen LogP contribution in [0.1, 0.15) is 11.6 Å². The lowest BCUT2D eigenvalue weighted by molar-refractivity contribution is -0.143. The Hall–Kier alpha value is -1.55. The fourth-order valence-electron chi connectivity index (χ4n) is 1.36. The van der Waals surface area contributed by atoms with E-state index in [1.807, 2.05) is 18.2 Å². The quantitative estimate of drug-likeness (QED) is 0.755. The second-order valence-corrected chi connectivity index (χ2v) is 3.02. The van der Waals surface area contributed by atoms with Crippen molar-refractivity contribution in [2.75, 3.05) is 21.3 Å². The van der Waals surface area contributed by atoms with Crippen molar-refractivity contribution in [3.8, 4) is 5.75 Å². The molecule has 1 aromatic carbocycles. The van der Waals surface area contributed by atoms with Crippen LogP contribution in [0.4, 0.5) is 0 Å². The third-order valence-corrected chi connectivity index (χ3v) is 2.15. The maximum Gasteiger partial charge on any atom is 0.327 e. The van der Waals surface area contributed by atoms with E-state index in [1.54, 1.807) is 20.2 Å². The van der Waals surface area contributed by atoms with Gasteiger partial charge in [0.25, 0.3) is 0 Å². The van der Waals surface area contributed by atoms with Crippen molar-refractivity contribution in [2.24, 2.45) is 0 Å². The van der Waals surface area contributed by atoms with Crippen molar-refractivity contribution in [1.29, 1.82) is 0 Å². The van der Waals surface area contributed by atoms with Crippen LogP contribution >= 0.6 is 0 Å². The molecule has 0 bridgehead atoms. The van der Waals surface area contributed by atoms with Gasteiger partial charge in [0, 0.05) is 0 Å². The fraction of sp³-hybridized carbons (Fsp3) is 0.364. The van der Waals surface area contributed by atoms with Crippen molar-refractivity contribution >= 4 is 5.97 Å². The summed E-state index contributed by atoms with van der Waals surface area (Å²) >= 11 is 0. The third-order valence-electron chi connectivity index (χ3n) is 2.15. The van der Waals surface area contributed by atoms with E-state index in [2.05, 4.69) is 10.1 Å². The van der Waals surface area contributed by atoms with Gasteiger partial charge in [-0.25, -0.2) is 4.79 Å². The number of rotatable bonds is 4. The van der Waals surface area contributed by atoms with Gasteiger partial charge in [-0.05, 0) is 24.7 Å². The molecule has 0 aliphatic heterocycles. The zero-order valence-electron chi connectivity index (χ0n) is 9.11. The van der Waals surface area contributed by atoms with Gasteiger partial charge in [-0.2, -0.15) is 0 Å². The number of carbonyl (C=O) groups excluding carboxylic acids is 1. The van der Waals surface area contributed by atoms with E-state index in [-0.39, 0.29) is 5.97 Å². The highest BCUT2D eigenvalue weighted by molar-refractivity contribution is 5.77. The second-order valence-electron chi connectivity index (χ2n) is 3.02. The predicted octanol–water partition coefficient (Wildman–Crippen LogP) is 1.13. The van der Waals surface area contributed by atoms with Gasteiger partial charge >= 0.3 is 5.97 Å². The van der Waals surface area contributed by atoms with Crippen LogP contribution in [-0.2, 0) is 9.53 Å². The Balaban J connectivity index is 2.96. The van der Waals surface area contributed by atoms with E-state index >= 15 is 0 Å². The van der Waals surface area contributed by atoms with Crippen molar-refractivity contribution < 1.29 is 14.3 Å². The topological polar surface area (TPSA) is 47.6 Å². The number of hydrogen-bond donors (Lipinski definition) is 1. The molecule has 4 nitrogen and oxygen atoms in total. The number of esters is 1. The Kier molecular flexibility index (Phi) is 4.12. The number of carbonyl (C=O) groups is 1. The molecule has 1 N–H and O–H groups in total. The first-order valence-electron chi connectivity index (χ1n) is 4.62. The highest BCUT2D eigenvalue weighted by Crippen LogP contribution is 2.19. The molecular formula is C11H15NO3. The zero-order chi connectivity index (χ0) is 11.3. The van der Waals surface area contributed by atoms with Gasteiger partial charge in [0.2, 0.25) is 0 Å². The van der Waals surface area contributed by atoms with Crippen molar-refractivity contribution in [1.82, 2.24) is 5.32 Å². The summed E-state index contributed by atoms with van der Waals surface area (Å²) in [4.78, 5) is 11.4. The Bertz CT molecular complexity index is 338. The molecule has 1 atom stereocenters. The zero-order valence-corrected chi connectivity index (χ0v) is 9.11. The number of hydrogen-bond acceptors (Lipinski definition) is 4. The highest BCUT2D eigenvalue weighted by Gasteiger charge is 2.19. The Morgan fingerprint density at radius 3 is 2.67 bits per heavy atom. The number of likely N-dealkylation sites (N-methyl/N-ethyl adjacent to an activating group) is 1. The molecule has 0 aliphatic rings. The molecule has 15 heavy (non-hydrogen) atoms. The third kappa shape index (κ3) is 2.70. The minimum atomic E-state index is -0.454. The van der Waals surface area contributed by atoms with Gasteiger partial charge in [-0.15, -0.1) is 0 Å². The lowest BCUT2D eigenvalue weighted by Gasteiger charge is -2.14. The molecule has 4 heteroatoms. The molecule has 82 valence electrons. The first-order valence-corrected chi connectivity index (χ1v) is 4.62. The Morgan fingerprint density at radius 2 is 2.13 bits per heavy atom. The second kappa shape index (κ2) is 5.36. The lowest BCUT2D eigenvalue weighted by atomic mass is 10.1. The number of benzene rings is 1. The number of methoxy groups -OCH3 is 2. The van der Waals surface area contributed by atoms with Gasteiger partial charge in [-0.3, -0.25) is 0 Å². The molecule has 0 radical (unpaired) electrons. The molecule has 0 saturated heterocycles. The molecule has 0 amide bonds. The first kappa shape index (κ1) is 11.5. The summed E-state index contributed by atoms with van der Waals surface area (Å²) in [6.07, 6.45) is 0. The molecule has 0 aliphatic carbocycles. The molecule has 1 unspecified atom stereocenters.